The van der Waals surface area contributed by atoms with Crippen LogP contribution in [0.1, 0.15) is 6.42 Å². The molecule has 2 aliphatic heterocycles. The molecule has 0 spiro atoms. The summed E-state index contributed by atoms with van der Waals surface area (Å²) in [6.07, 6.45) is -3.92. The molecule has 12 nitrogen and oxygen atoms in total. The van der Waals surface area contributed by atoms with Gasteiger partial charge in [0.1, 0.15) is 5.92 Å². The summed E-state index contributed by atoms with van der Waals surface area (Å²) in [5.41, 5.74) is -3.08. The van der Waals surface area contributed by atoms with Gasteiger partial charge in [0.25, 0.3) is 11.8 Å². The van der Waals surface area contributed by atoms with Gasteiger partial charge in [0.2, 0.25) is 17.8 Å². The van der Waals surface area contributed by atoms with Crippen molar-refractivity contribution in [2.75, 3.05) is 0 Å². The lowest BCUT2D eigenvalue weighted by Crippen LogP contribution is -2.38. The third kappa shape index (κ3) is 4.53. The minimum absolute atomic E-state index is 0.170. The van der Waals surface area contributed by atoms with E-state index in [9.17, 15) is 80.0 Å². The summed E-state index contributed by atoms with van der Waals surface area (Å²) in [6.45, 7) is 0. The molecule has 0 saturated heterocycles. The highest BCUT2D eigenvalue weighted by Crippen LogP contribution is 2.45. The van der Waals surface area contributed by atoms with Gasteiger partial charge in [-0.1, -0.05) is 0 Å². The molecule has 0 N–H and O–H groups in total. The van der Waals surface area contributed by atoms with E-state index >= 15 is 0 Å². The molecular formula is C22H5F10N2O10S2+. The summed E-state index contributed by atoms with van der Waals surface area (Å²) >= 11 is 0. The number of rotatable bonds is 6. The Hall–Kier alpha value is -4.55. The third-order valence-electron chi connectivity index (χ3n) is 6.50. The van der Waals surface area contributed by atoms with Gasteiger partial charge in [-0.15, -0.1) is 9.35 Å². The van der Waals surface area contributed by atoms with Gasteiger partial charge in [-0.05, 0) is 0 Å². The lowest BCUT2D eigenvalue weighted by Gasteiger charge is -2.19. The number of carbonyl (C=O) groups is 3. The van der Waals surface area contributed by atoms with Crippen molar-refractivity contribution >= 4 is 37.8 Å². The number of hydroxylamine groups is 2. The van der Waals surface area contributed by atoms with Crippen LogP contribution in [0.3, 0.4) is 0 Å². The zero-order chi connectivity index (χ0) is 34.5. The van der Waals surface area contributed by atoms with E-state index in [0.29, 0.717) is 0 Å². The molecule has 0 fully saturated rings. The fourth-order valence-electron chi connectivity index (χ4n) is 4.53. The maximum absolute atomic E-state index is 14.1. The van der Waals surface area contributed by atoms with Crippen molar-refractivity contribution in [3.8, 4) is 0 Å². The number of amides is 2. The van der Waals surface area contributed by atoms with E-state index in [1.807, 2.05) is 0 Å². The lowest BCUT2D eigenvalue weighted by atomic mass is 9.80. The second kappa shape index (κ2) is 10.5. The van der Waals surface area contributed by atoms with Crippen molar-refractivity contribution in [3.05, 3.63) is 86.0 Å². The predicted octanol–water partition coefficient (Wildman–Crippen LogP) is 2.36. The summed E-state index contributed by atoms with van der Waals surface area (Å²) in [7, 11) is -12.5. The molecule has 5 rings (SSSR count). The van der Waals surface area contributed by atoms with E-state index < -0.39 is 151 Å². The summed E-state index contributed by atoms with van der Waals surface area (Å²) in [5.74, 6) is -36.0. The van der Waals surface area contributed by atoms with E-state index in [1.54, 1.807) is 0 Å². The molecule has 2 atom stereocenters. The molecule has 2 unspecified atom stereocenters. The molecule has 0 aromatic heterocycles. The van der Waals surface area contributed by atoms with Crippen molar-refractivity contribution < 1.29 is 88.4 Å². The van der Waals surface area contributed by atoms with Gasteiger partial charge in [-0.25, -0.2) is 43.9 Å². The molecule has 2 aromatic rings. The van der Waals surface area contributed by atoms with Crippen molar-refractivity contribution in [3.63, 3.8) is 0 Å². The van der Waals surface area contributed by atoms with Crippen LogP contribution in [0.4, 0.5) is 43.9 Å². The van der Waals surface area contributed by atoms with Crippen molar-refractivity contribution in [1.82, 2.24) is 5.06 Å². The second-order valence-electron chi connectivity index (χ2n) is 9.09. The molecule has 0 bridgehead atoms. The van der Waals surface area contributed by atoms with E-state index in [0.717, 1.165) is 0 Å². The number of fused-ring (bicyclic) bond motifs is 2. The minimum Gasteiger partial charge on any atom is -0.298 e. The van der Waals surface area contributed by atoms with Crippen LogP contribution >= 0.6 is 0 Å². The molecule has 46 heavy (non-hydrogen) atoms. The van der Waals surface area contributed by atoms with Gasteiger partial charge in [0.15, 0.2) is 62.1 Å². The quantitative estimate of drug-likeness (QED) is 0.109. The predicted molar refractivity (Wildman–Crippen MR) is 116 cm³/mol. The SMILES string of the molecule is O=C1CC2=C(C(=O)N(OS(=O)(=O)c3c(F)c(F)c(F)c(F)c3F)C2=O)C2=C[N+](=O)C(OS(=O)(=O)c3c(F)c(F)c(F)c(F)c3F)C12. The van der Waals surface area contributed by atoms with Gasteiger partial charge in [0.05, 0.1) is 15.9 Å². The first-order valence-corrected chi connectivity index (χ1v) is 14.2. The zero-order valence-corrected chi connectivity index (χ0v) is 22.6. The highest BCUT2D eigenvalue weighted by Gasteiger charge is 2.60. The molecular weight excluding hydrogens is 706 g/mol. The number of nitrogens with zero attached hydrogens (tertiary/aromatic N) is 2. The minimum atomic E-state index is -6.28. The number of hydrogen-bond donors (Lipinski definition) is 0. The van der Waals surface area contributed by atoms with Crippen molar-refractivity contribution in [2.24, 2.45) is 5.92 Å². The number of imide groups is 1. The summed E-state index contributed by atoms with van der Waals surface area (Å²) in [5, 5.41) is -0.816. The molecule has 2 amide bonds. The fraction of sp³-hybridized carbons (Fsp3) is 0.136. The van der Waals surface area contributed by atoms with Crippen LogP contribution in [0.2, 0.25) is 0 Å². The van der Waals surface area contributed by atoms with Gasteiger partial charge >= 0.3 is 26.5 Å². The first-order chi connectivity index (χ1) is 21.2. The maximum atomic E-state index is 14.1. The Kier molecular flexibility index (Phi) is 7.49. The Labute approximate surface area is 245 Å². The molecule has 0 saturated carbocycles. The Morgan fingerprint density at radius 3 is 1.52 bits per heavy atom. The molecule has 3 aliphatic rings. The fourth-order valence-corrected chi connectivity index (χ4v) is 6.72. The monoisotopic (exact) mass is 711 g/mol. The van der Waals surface area contributed by atoms with Gasteiger partial charge < -0.3 is 0 Å². The maximum Gasteiger partial charge on any atom is 0.339 e. The average molecular weight is 711 g/mol. The molecule has 244 valence electrons. The van der Waals surface area contributed by atoms with Crippen molar-refractivity contribution in [2.45, 2.75) is 22.4 Å². The summed E-state index contributed by atoms with van der Waals surface area (Å²) in [4.78, 5) is 45.9. The van der Waals surface area contributed by atoms with Gasteiger partial charge in [-0.2, -0.15) is 21.0 Å². The largest absolute Gasteiger partial charge is 0.339 e. The molecule has 2 aromatic carbocycles. The number of Topliss-reactive ketones (excluding diaryl/α,β-unsaturated/α-hetero) is 1. The van der Waals surface area contributed by atoms with E-state index in [1.165, 1.54) is 0 Å². The van der Waals surface area contributed by atoms with Gasteiger partial charge in [-0.3, -0.25) is 14.4 Å². The summed E-state index contributed by atoms with van der Waals surface area (Å²) in [6, 6.07) is 0. The van der Waals surface area contributed by atoms with E-state index in [-0.39, 0.29) is 6.20 Å². The van der Waals surface area contributed by atoms with Gasteiger partial charge in [0, 0.05) is 16.9 Å². The number of ketones is 1. The van der Waals surface area contributed by atoms with Crippen LogP contribution in [-0.2, 0) is 43.1 Å². The van der Waals surface area contributed by atoms with Crippen LogP contribution in [0.25, 0.3) is 0 Å². The van der Waals surface area contributed by atoms with Crippen molar-refractivity contribution in [1.29, 1.82) is 0 Å². The summed E-state index contributed by atoms with van der Waals surface area (Å²) < 4.78 is 195. The van der Waals surface area contributed by atoms with Crippen LogP contribution < -0.4 is 0 Å². The van der Waals surface area contributed by atoms with Crippen LogP contribution in [0, 0.1) is 69.0 Å². The Morgan fingerprint density at radius 1 is 0.652 bits per heavy atom. The Balaban J connectivity index is 1.49. The second-order valence-corrected chi connectivity index (χ2v) is 12.1. The number of hydrogen-bond acceptors (Lipinski definition) is 10. The lowest BCUT2D eigenvalue weighted by molar-refractivity contribution is -0.555. The highest BCUT2D eigenvalue weighted by atomic mass is 32.2. The topological polar surface area (TPSA) is 161 Å². The molecule has 1 aliphatic carbocycles. The Morgan fingerprint density at radius 2 is 1.07 bits per heavy atom. The Bertz CT molecular complexity index is 2110. The van der Waals surface area contributed by atoms with E-state index in [4.69, 9.17) is 0 Å². The standard InChI is InChI=1S/C22H5F10N2O10S2/c23-8-10(25)14(29)18(15(30)11(8)26)45(39,40)43-22-7-4(2-33(22)38)6-3(1-5(7)35)20(36)34(21(6)37)44-46(41,42)19-16(31)12(27)9(24)13(28)17(19)32/h2,7,22H,1H2/q+1. The highest BCUT2D eigenvalue weighted by molar-refractivity contribution is 7.87. The van der Waals surface area contributed by atoms with Crippen LogP contribution in [0.5, 0.6) is 0 Å². The number of nitroso groups, excluding NO2 is 1. The first kappa shape index (κ1) is 32.8. The first-order valence-electron chi connectivity index (χ1n) is 11.4. The molecule has 24 heteroatoms. The number of benzene rings is 2. The number of halogens is 10. The molecule has 0 radical (unpaired) electrons. The smallest absolute Gasteiger partial charge is 0.298 e. The average Bonchev–Trinajstić information content (AvgIpc) is 3.40. The van der Waals surface area contributed by atoms with Crippen LogP contribution in [0.15, 0.2) is 32.7 Å². The van der Waals surface area contributed by atoms with Crippen LogP contribution in [-0.4, -0.2) is 50.5 Å². The number of carbonyl (C=O) groups excluding carboxylic acids is 3. The molecule has 2 heterocycles. The van der Waals surface area contributed by atoms with E-state index in [2.05, 4.69) is 8.47 Å². The normalized spacial score (nSPS) is 20.1. The third-order valence-corrected chi connectivity index (χ3v) is 9.02. The zero-order valence-electron chi connectivity index (χ0n) is 21.0.